The number of hydrogen-bond acceptors (Lipinski definition) is 5. The van der Waals surface area contributed by atoms with Crippen LogP contribution in [0.1, 0.15) is 26.7 Å². The third-order valence-corrected chi connectivity index (χ3v) is 1.83. The van der Waals surface area contributed by atoms with Crippen molar-refractivity contribution >= 4 is 17.7 Å². The van der Waals surface area contributed by atoms with E-state index in [2.05, 4.69) is 9.47 Å². The van der Waals surface area contributed by atoms with Crippen molar-refractivity contribution in [2.75, 3.05) is 13.2 Å². The first-order valence-electron chi connectivity index (χ1n) is 5.65. The molecule has 0 fully saturated rings. The Bertz CT molecular complexity index is 309. The van der Waals surface area contributed by atoms with Crippen LogP contribution in [0.4, 0.5) is 0 Å². The molecule has 0 unspecified atom stereocenters. The normalized spacial score (nSPS) is 10.8. The largest absolute Gasteiger partial charge is 0.457 e. The first-order valence-corrected chi connectivity index (χ1v) is 5.65. The van der Waals surface area contributed by atoms with Crippen LogP contribution in [0.3, 0.4) is 0 Å². The average Bonchev–Trinajstić information content (AvgIpc) is 2.37. The first-order chi connectivity index (χ1) is 8.60. The van der Waals surface area contributed by atoms with Crippen LogP contribution in [-0.4, -0.2) is 30.9 Å². The topological polar surface area (TPSA) is 69.7 Å². The molecule has 100 valence electrons. The van der Waals surface area contributed by atoms with Gasteiger partial charge in [-0.15, -0.1) is 0 Å². The highest BCUT2D eigenvalue weighted by Gasteiger charge is 2.09. The Morgan fingerprint density at radius 1 is 0.833 bits per heavy atom. The van der Waals surface area contributed by atoms with Crippen molar-refractivity contribution in [2.45, 2.75) is 26.7 Å². The van der Waals surface area contributed by atoms with Gasteiger partial charge in [0.1, 0.15) is 0 Å². The molecule has 5 heteroatoms. The van der Waals surface area contributed by atoms with Crippen LogP contribution in [0.25, 0.3) is 0 Å². The maximum Gasteiger partial charge on any atom is 0.310 e. The predicted molar refractivity (Wildman–Crippen MR) is 65.8 cm³/mol. The van der Waals surface area contributed by atoms with Gasteiger partial charge in [-0.25, -0.2) is 0 Å². The molecule has 0 radical (unpaired) electrons. The molecular weight excluding hydrogens is 236 g/mol. The van der Waals surface area contributed by atoms with Crippen LogP contribution >= 0.6 is 0 Å². The minimum absolute atomic E-state index is 0.130. The summed E-state index contributed by atoms with van der Waals surface area (Å²) in [5, 5.41) is 0. The van der Waals surface area contributed by atoms with Gasteiger partial charge in [-0.2, -0.15) is 0 Å². The van der Waals surface area contributed by atoms with E-state index in [1.54, 1.807) is 38.2 Å². The SMILES string of the molecule is CC=CCC(=O)OCC(=O)COC(=O)CC=CC. The maximum atomic E-state index is 11.2. The van der Waals surface area contributed by atoms with E-state index in [0.29, 0.717) is 0 Å². The number of ether oxygens (including phenoxy) is 2. The molecule has 0 aromatic carbocycles. The number of ketones is 1. The van der Waals surface area contributed by atoms with Crippen LogP contribution < -0.4 is 0 Å². The lowest BCUT2D eigenvalue weighted by Gasteiger charge is -2.03. The molecule has 18 heavy (non-hydrogen) atoms. The lowest BCUT2D eigenvalue weighted by molar-refractivity contribution is -0.152. The highest BCUT2D eigenvalue weighted by Crippen LogP contribution is 1.92. The van der Waals surface area contributed by atoms with E-state index in [-0.39, 0.29) is 26.1 Å². The molecule has 0 aliphatic rings. The van der Waals surface area contributed by atoms with E-state index in [1.165, 1.54) is 0 Å². The van der Waals surface area contributed by atoms with E-state index in [0.717, 1.165) is 0 Å². The number of esters is 2. The second kappa shape index (κ2) is 10.3. The molecule has 0 atom stereocenters. The molecule has 0 rings (SSSR count). The Kier molecular flexibility index (Phi) is 9.17. The van der Waals surface area contributed by atoms with Crippen LogP contribution in [0.5, 0.6) is 0 Å². The molecule has 0 saturated heterocycles. The Morgan fingerprint density at radius 3 is 1.56 bits per heavy atom. The van der Waals surface area contributed by atoms with E-state index in [1.807, 2.05) is 0 Å². The van der Waals surface area contributed by atoms with Gasteiger partial charge in [0.2, 0.25) is 5.78 Å². The summed E-state index contributed by atoms with van der Waals surface area (Å²) in [4.78, 5) is 33.3. The highest BCUT2D eigenvalue weighted by atomic mass is 16.6. The van der Waals surface area contributed by atoms with Gasteiger partial charge < -0.3 is 9.47 Å². The average molecular weight is 254 g/mol. The Morgan fingerprint density at radius 2 is 1.22 bits per heavy atom. The van der Waals surface area contributed by atoms with Crippen molar-refractivity contribution in [1.82, 2.24) is 0 Å². The fourth-order valence-corrected chi connectivity index (χ4v) is 0.910. The maximum absolute atomic E-state index is 11.2. The van der Waals surface area contributed by atoms with Crippen LogP contribution in [0.2, 0.25) is 0 Å². The molecule has 0 aliphatic heterocycles. The van der Waals surface area contributed by atoms with Crippen molar-refractivity contribution in [3.8, 4) is 0 Å². The number of carbonyl (C=O) groups excluding carboxylic acids is 3. The van der Waals surface area contributed by atoms with Gasteiger partial charge in [0.05, 0.1) is 12.8 Å². The van der Waals surface area contributed by atoms with E-state index in [9.17, 15) is 14.4 Å². The molecule has 0 bridgehead atoms. The predicted octanol–water partition coefficient (Wildman–Crippen LogP) is 1.57. The summed E-state index contributed by atoms with van der Waals surface area (Å²) in [6.07, 6.45) is 6.95. The third-order valence-electron chi connectivity index (χ3n) is 1.83. The third kappa shape index (κ3) is 9.33. The molecule has 0 aliphatic carbocycles. The lowest BCUT2D eigenvalue weighted by Crippen LogP contribution is -2.20. The summed E-state index contributed by atoms with van der Waals surface area (Å²) >= 11 is 0. The van der Waals surface area contributed by atoms with Crippen molar-refractivity contribution in [3.05, 3.63) is 24.3 Å². The van der Waals surface area contributed by atoms with Gasteiger partial charge in [0.15, 0.2) is 13.2 Å². The van der Waals surface area contributed by atoms with E-state index >= 15 is 0 Å². The van der Waals surface area contributed by atoms with Gasteiger partial charge in [0.25, 0.3) is 0 Å². The van der Waals surface area contributed by atoms with Gasteiger partial charge in [-0.1, -0.05) is 24.3 Å². The van der Waals surface area contributed by atoms with Crippen molar-refractivity contribution < 1.29 is 23.9 Å². The van der Waals surface area contributed by atoms with E-state index in [4.69, 9.17) is 0 Å². The number of allylic oxidation sites excluding steroid dienone is 2. The Balaban J connectivity index is 3.71. The fraction of sp³-hybridized carbons (Fsp3) is 0.462. The summed E-state index contributed by atoms with van der Waals surface area (Å²) in [6, 6.07) is 0. The molecular formula is C13H18O5. The standard InChI is InChI=1S/C13H18O5/c1-3-5-7-12(15)17-9-11(14)10-18-13(16)8-6-4-2/h3-6H,7-10H2,1-2H3. The van der Waals surface area contributed by atoms with Crippen LogP contribution in [0, 0.1) is 0 Å². The number of hydrogen-bond donors (Lipinski definition) is 0. The Hall–Kier alpha value is -1.91. The van der Waals surface area contributed by atoms with Gasteiger partial charge in [0, 0.05) is 0 Å². The van der Waals surface area contributed by atoms with Crippen molar-refractivity contribution in [1.29, 1.82) is 0 Å². The van der Waals surface area contributed by atoms with E-state index < -0.39 is 17.7 Å². The molecule has 0 spiro atoms. The highest BCUT2D eigenvalue weighted by molar-refractivity contribution is 5.85. The zero-order chi connectivity index (χ0) is 13.8. The summed E-state index contributed by atoms with van der Waals surface area (Å²) in [5.41, 5.74) is 0. The zero-order valence-corrected chi connectivity index (χ0v) is 10.7. The fourth-order valence-electron chi connectivity index (χ4n) is 0.910. The smallest absolute Gasteiger partial charge is 0.310 e. The van der Waals surface area contributed by atoms with Gasteiger partial charge in [-0.3, -0.25) is 14.4 Å². The van der Waals surface area contributed by atoms with Gasteiger partial charge in [-0.05, 0) is 13.8 Å². The summed E-state index contributed by atoms with van der Waals surface area (Å²) in [7, 11) is 0. The molecule has 5 nitrogen and oxygen atoms in total. The minimum atomic E-state index is -0.485. The molecule has 0 aromatic rings. The monoisotopic (exact) mass is 254 g/mol. The molecule has 0 saturated carbocycles. The summed E-state index contributed by atoms with van der Waals surface area (Å²) in [5.74, 6) is -1.42. The molecule has 0 heterocycles. The van der Waals surface area contributed by atoms with Crippen molar-refractivity contribution in [3.63, 3.8) is 0 Å². The molecule has 0 N–H and O–H groups in total. The number of Topliss-reactive ketones (excluding diaryl/α,β-unsaturated/α-hetero) is 1. The zero-order valence-electron chi connectivity index (χ0n) is 10.7. The second-order valence-electron chi connectivity index (χ2n) is 3.41. The quantitative estimate of drug-likeness (QED) is 0.486. The van der Waals surface area contributed by atoms with Crippen molar-refractivity contribution in [2.24, 2.45) is 0 Å². The molecule has 0 aromatic heterocycles. The number of carbonyl (C=O) groups is 3. The second-order valence-corrected chi connectivity index (χ2v) is 3.41. The number of rotatable bonds is 8. The first kappa shape index (κ1) is 16.1. The lowest BCUT2D eigenvalue weighted by atomic mass is 10.4. The molecule has 0 amide bonds. The minimum Gasteiger partial charge on any atom is -0.457 e. The van der Waals surface area contributed by atoms with Crippen LogP contribution in [-0.2, 0) is 23.9 Å². The summed E-state index contributed by atoms with van der Waals surface area (Å²) in [6.45, 7) is 2.83. The van der Waals surface area contributed by atoms with Gasteiger partial charge >= 0.3 is 11.9 Å². The Labute approximate surface area is 106 Å². The summed E-state index contributed by atoms with van der Waals surface area (Å²) < 4.78 is 9.35. The van der Waals surface area contributed by atoms with Crippen LogP contribution in [0.15, 0.2) is 24.3 Å².